The van der Waals surface area contributed by atoms with Crippen molar-refractivity contribution in [1.82, 2.24) is 4.90 Å². The minimum Gasteiger partial charge on any atom is -0.497 e. The minimum atomic E-state index is -1.38. The number of hydrogen-bond donors (Lipinski definition) is 1. The van der Waals surface area contributed by atoms with Gasteiger partial charge in [0, 0.05) is 23.0 Å². The molecule has 1 saturated heterocycles. The topological polar surface area (TPSA) is 84.9 Å². The average Bonchev–Trinajstić information content (AvgIpc) is 3.52. The minimum absolute atomic E-state index is 0.260. The summed E-state index contributed by atoms with van der Waals surface area (Å²) >= 11 is 0. The second kappa shape index (κ2) is 9.73. The number of anilines is 1. The number of carbonyl (C=O) groups is 3. The number of nitrogens with zero attached hydrogens (tertiary/aromatic N) is 1. The van der Waals surface area contributed by atoms with Gasteiger partial charge in [0.15, 0.2) is 11.6 Å². The number of ether oxygens (including phenoxy) is 2. The normalized spacial score (nSPS) is 23.1. The van der Waals surface area contributed by atoms with Crippen LogP contribution in [0.25, 0.3) is 6.08 Å². The molecule has 42 heavy (non-hydrogen) atoms. The molecule has 4 aromatic carbocycles. The number of ketones is 2. The summed E-state index contributed by atoms with van der Waals surface area (Å²) in [6, 6.07) is 27.5. The highest BCUT2D eigenvalue weighted by Gasteiger charge is 2.70. The van der Waals surface area contributed by atoms with Crippen LogP contribution in [-0.4, -0.2) is 42.6 Å². The van der Waals surface area contributed by atoms with Gasteiger partial charge in [-0.05, 0) is 65.2 Å². The number of benzene rings is 4. The third-order valence-corrected chi connectivity index (χ3v) is 8.85. The summed E-state index contributed by atoms with van der Waals surface area (Å²) in [6.45, 7) is 0. The lowest BCUT2D eigenvalue weighted by Gasteiger charge is -2.38. The summed E-state index contributed by atoms with van der Waals surface area (Å²) in [5, 5.41) is 3.07. The van der Waals surface area contributed by atoms with E-state index in [0.717, 1.165) is 11.1 Å². The van der Waals surface area contributed by atoms with Crippen molar-refractivity contribution in [3.63, 3.8) is 0 Å². The number of nitrogens with one attached hydrogen (secondary N) is 1. The van der Waals surface area contributed by atoms with Crippen molar-refractivity contribution in [2.45, 2.75) is 17.5 Å². The van der Waals surface area contributed by atoms with E-state index in [1.807, 2.05) is 65.7 Å². The standard InChI is InChI=1S/C35H28N2O5/c1-41-24-16-14-22(15-17-24)31(38)29-30(32(39)23-9-7-10-25(20-23)42-2)37-19-18-21-8-3-4-11-26(21)33(37)35(29)27-12-5-6-13-28(27)36-34(35)40/h3-20,29-30,33H,1-2H3,(H,36,40)/t29-,30+,33-,35-/m1/s1. The largest absolute Gasteiger partial charge is 0.497 e. The molecular formula is C35H28N2O5. The Morgan fingerprint density at radius 3 is 2.31 bits per heavy atom. The van der Waals surface area contributed by atoms with E-state index in [0.29, 0.717) is 33.9 Å². The van der Waals surface area contributed by atoms with Crippen molar-refractivity contribution in [3.05, 3.63) is 131 Å². The van der Waals surface area contributed by atoms with E-state index in [-0.39, 0.29) is 17.5 Å². The van der Waals surface area contributed by atoms with Gasteiger partial charge in [-0.15, -0.1) is 0 Å². The first-order valence-electron chi connectivity index (χ1n) is 13.8. The highest BCUT2D eigenvalue weighted by molar-refractivity contribution is 6.16. The molecule has 0 radical (unpaired) electrons. The molecule has 7 nitrogen and oxygen atoms in total. The fraction of sp³-hybridized carbons (Fsp3) is 0.171. The van der Waals surface area contributed by atoms with Crippen LogP contribution < -0.4 is 14.8 Å². The molecule has 3 aliphatic rings. The number of amides is 1. The maximum absolute atomic E-state index is 14.8. The number of carbonyl (C=O) groups excluding carboxylic acids is 3. The number of fused-ring (bicyclic) bond motifs is 6. The van der Waals surface area contributed by atoms with Crippen LogP contribution in [0.5, 0.6) is 11.5 Å². The van der Waals surface area contributed by atoms with Crippen LogP contribution in [0.3, 0.4) is 0 Å². The average molecular weight is 557 g/mol. The van der Waals surface area contributed by atoms with Gasteiger partial charge in [0.1, 0.15) is 23.0 Å². The predicted molar refractivity (Wildman–Crippen MR) is 159 cm³/mol. The van der Waals surface area contributed by atoms with E-state index in [4.69, 9.17) is 9.47 Å². The van der Waals surface area contributed by atoms with Crippen LogP contribution in [0, 0.1) is 5.92 Å². The molecule has 208 valence electrons. The van der Waals surface area contributed by atoms with Crippen LogP contribution in [-0.2, 0) is 10.2 Å². The number of rotatable bonds is 6. The second-order valence-corrected chi connectivity index (χ2v) is 10.8. The number of methoxy groups -OCH3 is 2. The molecule has 0 bridgehead atoms. The Hall–Kier alpha value is -5.17. The molecule has 3 heterocycles. The van der Waals surface area contributed by atoms with Crippen molar-refractivity contribution in [1.29, 1.82) is 0 Å². The Kier molecular flexibility index (Phi) is 5.97. The Labute approximate surface area is 243 Å². The molecule has 1 spiro atoms. The van der Waals surface area contributed by atoms with Crippen molar-refractivity contribution in [2.24, 2.45) is 5.92 Å². The molecule has 1 N–H and O–H groups in total. The zero-order valence-electron chi connectivity index (χ0n) is 23.1. The van der Waals surface area contributed by atoms with Crippen LogP contribution in [0.4, 0.5) is 5.69 Å². The fourth-order valence-electron chi connectivity index (χ4n) is 7.05. The summed E-state index contributed by atoms with van der Waals surface area (Å²) in [5.74, 6) is -0.748. The zero-order chi connectivity index (χ0) is 29.0. The maximum atomic E-state index is 14.8. The van der Waals surface area contributed by atoms with Crippen molar-refractivity contribution in [2.75, 3.05) is 19.5 Å². The van der Waals surface area contributed by atoms with Gasteiger partial charge in [-0.3, -0.25) is 14.4 Å². The van der Waals surface area contributed by atoms with Crippen LogP contribution in [0.2, 0.25) is 0 Å². The van der Waals surface area contributed by atoms with Crippen LogP contribution >= 0.6 is 0 Å². The van der Waals surface area contributed by atoms with Gasteiger partial charge in [-0.2, -0.15) is 0 Å². The van der Waals surface area contributed by atoms with E-state index in [1.165, 1.54) is 0 Å². The van der Waals surface area contributed by atoms with Crippen molar-refractivity contribution < 1.29 is 23.9 Å². The molecule has 7 rings (SSSR count). The lowest BCUT2D eigenvalue weighted by Crippen LogP contribution is -2.49. The summed E-state index contributed by atoms with van der Waals surface area (Å²) < 4.78 is 10.7. The highest BCUT2D eigenvalue weighted by Crippen LogP contribution is 2.62. The molecule has 1 fully saturated rings. The second-order valence-electron chi connectivity index (χ2n) is 10.8. The molecular weight excluding hydrogens is 528 g/mol. The zero-order valence-corrected chi connectivity index (χ0v) is 23.1. The third kappa shape index (κ3) is 3.56. The lowest BCUT2D eigenvalue weighted by molar-refractivity contribution is -0.122. The molecule has 0 saturated carbocycles. The Bertz CT molecular complexity index is 1780. The van der Waals surface area contributed by atoms with Crippen LogP contribution in [0.15, 0.2) is 103 Å². The molecule has 4 aromatic rings. The van der Waals surface area contributed by atoms with Gasteiger partial charge in [-0.1, -0.05) is 54.6 Å². The fourth-order valence-corrected chi connectivity index (χ4v) is 7.05. The molecule has 3 aliphatic heterocycles. The molecule has 0 unspecified atom stereocenters. The Balaban J connectivity index is 1.52. The Morgan fingerprint density at radius 2 is 1.52 bits per heavy atom. The first-order chi connectivity index (χ1) is 20.5. The van der Waals surface area contributed by atoms with Gasteiger partial charge >= 0.3 is 0 Å². The summed E-state index contributed by atoms with van der Waals surface area (Å²) in [5.41, 5.74) is 2.62. The summed E-state index contributed by atoms with van der Waals surface area (Å²) in [6.07, 6.45) is 3.82. The molecule has 7 heteroatoms. The first-order valence-corrected chi connectivity index (χ1v) is 13.8. The number of para-hydroxylation sites is 1. The smallest absolute Gasteiger partial charge is 0.238 e. The van der Waals surface area contributed by atoms with Gasteiger partial charge in [0.25, 0.3) is 0 Å². The van der Waals surface area contributed by atoms with E-state index >= 15 is 0 Å². The van der Waals surface area contributed by atoms with E-state index < -0.39 is 23.4 Å². The maximum Gasteiger partial charge on any atom is 0.238 e. The van der Waals surface area contributed by atoms with Crippen molar-refractivity contribution in [3.8, 4) is 11.5 Å². The molecule has 4 atom stereocenters. The van der Waals surface area contributed by atoms with Gasteiger partial charge < -0.3 is 19.7 Å². The lowest BCUT2D eigenvalue weighted by atomic mass is 9.62. The van der Waals surface area contributed by atoms with E-state index in [1.54, 1.807) is 62.8 Å². The van der Waals surface area contributed by atoms with E-state index in [2.05, 4.69) is 5.32 Å². The van der Waals surface area contributed by atoms with Gasteiger partial charge in [0.05, 0.1) is 26.2 Å². The Morgan fingerprint density at radius 1 is 0.786 bits per heavy atom. The number of hydrogen-bond acceptors (Lipinski definition) is 6. The number of Topliss-reactive ketones (excluding diaryl/α,β-unsaturated/α-hetero) is 2. The van der Waals surface area contributed by atoms with Gasteiger partial charge in [0.2, 0.25) is 5.91 Å². The third-order valence-electron chi connectivity index (χ3n) is 8.85. The molecule has 1 amide bonds. The summed E-state index contributed by atoms with van der Waals surface area (Å²) in [7, 11) is 3.11. The summed E-state index contributed by atoms with van der Waals surface area (Å²) in [4.78, 5) is 45.9. The SMILES string of the molecule is COc1ccc(C(=O)[C@H]2[C@@H](C(=O)c3cccc(OC)c3)N3C=Cc4ccccc4[C@@H]3[C@]23C(=O)Nc2ccccc23)cc1. The quantitative estimate of drug-likeness (QED) is 0.308. The predicted octanol–water partition coefficient (Wildman–Crippen LogP) is 5.69. The highest BCUT2D eigenvalue weighted by atomic mass is 16.5. The van der Waals surface area contributed by atoms with Crippen molar-refractivity contribution >= 4 is 29.2 Å². The van der Waals surface area contributed by atoms with E-state index in [9.17, 15) is 14.4 Å². The van der Waals surface area contributed by atoms with Crippen LogP contribution in [0.1, 0.15) is 43.4 Å². The monoisotopic (exact) mass is 556 g/mol. The van der Waals surface area contributed by atoms with Gasteiger partial charge in [-0.25, -0.2) is 0 Å². The molecule has 0 aromatic heterocycles. The molecule has 0 aliphatic carbocycles. The first kappa shape index (κ1) is 25.8.